The first-order chi connectivity index (χ1) is 18.0. The van der Waals surface area contributed by atoms with Crippen molar-refractivity contribution in [3.05, 3.63) is 108 Å². The van der Waals surface area contributed by atoms with Crippen molar-refractivity contribution in [3.63, 3.8) is 0 Å². The molecule has 3 atom stereocenters. The van der Waals surface area contributed by atoms with E-state index in [2.05, 4.69) is 5.32 Å². The number of fused-ring (bicyclic) bond motifs is 2. The van der Waals surface area contributed by atoms with Crippen LogP contribution in [-0.2, 0) is 22.7 Å². The molecule has 4 aromatic rings. The topological polar surface area (TPSA) is 102 Å². The largest absolute Gasteiger partial charge is 0.755 e. The maximum Gasteiger partial charge on any atom is 0.222 e. The van der Waals surface area contributed by atoms with Gasteiger partial charge in [0.1, 0.15) is 5.75 Å². The zero-order chi connectivity index (χ0) is 25.8. The molecule has 0 aromatic heterocycles. The second-order valence-corrected chi connectivity index (χ2v) is 9.82. The molecule has 1 aliphatic heterocycles. The predicted molar refractivity (Wildman–Crippen MR) is 143 cm³/mol. The first-order valence-corrected chi connectivity index (χ1v) is 13.1. The number of nitrogens with one attached hydrogen (secondary N) is 1. The number of amides is 1. The van der Waals surface area contributed by atoms with Gasteiger partial charge in [-0.1, -0.05) is 72.8 Å². The van der Waals surface area contributed by atoms with Crippen molar-refractivity contribution in [1.82, 2.24) is 5.32 Å². The van der Waals surface area contributed by atoms with Crippen molar-refractivity contribution in [1.29, 1.82) is 0 Å². The minimum Gasteiger partial charge on any atom is -0.755 e. The normalized spacial score (nSPS) is 16.3. The third-order valence-electron chi connectivity index (χ3n) is 6.63. The molecule has 37 heavy (non-hydrogen) atoms. The second-order valence-electron chi connectivity index (χ2n) is 8.99. The number of carbonyl (C=O) groups excluding carboxylic acids is 1. The van der Waals surface area contributed by atoms with E-state index in [0.29, 0.717) is 24.5 Å². The Morgan fingerprint density at radius 1 is 1.03 bits per heavy atom. The first-order valence-electron chi connectivity index (χ1n) is 12.1. The van der Waals surface area contributed by atoms with Crippen LogP contribution in [-0.4, -0.2) is 26.4 Å². The number of aliphatic hydroxyl groups is 1. The maximum atomic E-state index is 13.4. The Hall–Kier alpha value is -3.72. The molecular weight excluding hydrogens is 488 g/mol. The molecule has 3 unspecified atom stereocenters. The Balaban J connectivity index is 1.44. The lowest BCUT2D eigenvalue weighted by Gasteiger charge is -2.35. The summed E-state index contributed by atoms with van der Waals surface area (Å²) in [7, 11) is 0. The lowest BCUT2D eigenvalue weighted by molar-refractivity contribution is -0.122. The number of hydrogen-bond acceptors (Lipinski definition) is 5. The van der Waals surface area contributed by atoms with Crippen LogP contribution in [0.25, 0.3) is 10.8 Å². The van der Waals surface area contributed by atoms with E-state index in [4.69, 9.17) is 4.74 Å². The van der Waals surface area contributed by atoms with Gasteiger partial charge in [0.15, 0.2) is 0 Å². The highest BCUT2D eigenvalue weighted by atomic mass is 32.2. The number of rotatable bonds is 8. The fourth-order valence-electron chi connectivity index (χ4n) is 4.81. The summed E-state index contributed by atoms with van der Waals surface area (Å²) in [5.74, 6) is 0.371. The Bertz CT molecular complexity index is 1430. The third-order valence-corrected chi connectivity index (χ3v) is 7.42. The summed E-state index contributed by atoms with van der Waals surface area (Å²) in [6.45, 7) is 0.339. The number of carbonyl (C=O) groups is 1. The van der Waals surface area contributed by atoms with Gasteiger partial charge in [-0.15, -0.1) is 0 Å². The molecule has 0 spiro atoms. The minimum absolute atomic E-state index is 0.0633. The van der Waals surface area contributed by atoms with E-state index in [9.17, 15) is 18.7 Å². The SMILES string of the molecule is O=C(CC(c1ccccc1)N(c1ccc2ccccc2c1)S(=O)[O-])NC1CCOc2cc(CO)ccc21. The van der Waals surface area contributed by atoms with Gasteiger partial charge in [0, 0.05) is 28.9 Å². The number of aliphatic hydroxyl groups excluding tert-OH is 1. The summed E-state index contributed by atoms with van der Waals surface area (Å²) < 4.78 is 32.2. The van der Waals surface area contributed by atoms with E-state index in [1.807, 2.05) is 78.9 Å². The highest BCUT2D eigenvalue weighted by Gasteiger charge is 2.28. The molecule has 0 fully saturated rings. The smallest absolute Gasteiger partial charge is 0.222 e. The molecule has 8 heteroatoms. The predicted octanol–water partition coefficient (Wildman–Crippen LogP) is 4.70. The van der Waals surface area contributed by atoms with Crippen LogP contribution in [0.15, 0.2) is 91.0 Å². The van der Waals surface area contributed by atoms with Crippen LogP contribution in [0, 0.1) is 0 Å². The van der Waals surface area contributed by atoms with Gasteiger partial charge in [-0.3, -0.25) is 13.3 Å². The van der Waals surface area contributed by atoms with E-state index < -0.39 is 17.3 Å². The van der Waals surface area contributed by atoms with Crippen molar-refractivity contribution < 1.29 is 23.4 Å². The van der Waals surface area contributed by atoms with Crippen LogP contribution in [0.3, 0.4) is 0 Å². The molecular formula is C29H27N2O5S-. The van der Waals surface area contributed by atoms with Gasteiger partial charge in [0.2, 0.25) is 5.91 Å². The fourth-order valence-corrected chi connectivity index (χ4v) is 5.50. The average Bonchev–Trinajstić information content (AvgIpc) is 2.92. The number of anilines is 1. The van der Waals surface area contributed by atoms with Crippen LogP contribution < -0.4 is 14.4 Å². The van der Waals surface area contributed by atoms with Crippen molar-refractivity contribution in [2.45, 2.75) is 31.5 Å². The number of nitrogens with zero attached hydrogens (tertiary/aromatic N) is 1. The van der Waals surface area contributed by atoms with Gasteiger partial charge < -0.3 is 19.7 Å². The average molecular weight is 516 g/mol. The third kappa shape index (κ3) is 5.51. The molecule has 190 valence electrons. The molecule has 1 aliphatic rings. The van der Waals surface area contributed by atoms with Crippen LogP contribution in [0.4, 0.5) is 5.69 Å². The van der Waals surface area contributed by atoms with Crippen LogP contribution in [0.5, 0.6) is 5.75 Å². The fraction of sp³-hybridized carbons (Fsp3) is 0.207. The molecule has 2 N–H and O–H groups in total. The number of hydrogen-bond donors (Lipinski definition) is 2. The molecule has 0 radical (unpaired) electrons. The summed E-state index contributed by atoms with van der Waals surface area (Å²) in [6.07, 6.45) is 0.529. The molecule has 0 saturated heterocycles. The van der Waals surface area contributed by atoms with Gasteiger partial charge in [-0.05, 0) is 40.1 Å². The standard InChI is InChI=1S/C29H28N2O5S/c32-19-20-10-13-25-26(14-15-36-28(25)16-20)30-29(33)18-27(22-7-2-1-3-8-22)31(37(34)35)24-12-11-21-6-4-5-9-23(21)17-24/h1-13,16-17,26-27,32H,14-15,18-19H2,(H,30,33)(H,34,35)/p-1. The molecule has 5 rings (SSSR count). The Morgan fingerprint density at radius 2 is 1.78 bits per heavy atom. The monoisotopic (exact) mass is 515 g/mol. The van der Waals surface area contributed by atoms with E-state index in [0.717, 1.165) is 27.5 Å². The second kappa shape index (κ2) is 11.1. The summed E-state index contributed by atoms with van der Waals surface area (Å²) >= 11 is -2.63. The van der Waals surface area contributed by atoms with E-state index >= 15 is 0 Å². The molecule has 7 nitrogen and oxygen atoms in total. The highest BCUT2D eigenvalue weighted by molar-refractivity contribution is 7.80. The lowest BCUT2D eigenvalue weighted by atomic mass is 9.97. The van der Waals surface area contributed by atoms with E-state index in [1.165, 1.54) is 4.31 Å². The zero-order valence-corrected chi connectivity index (χ0v) is 20.9. The highest BCUT2D eigenvalue weighted by Crippen LogP contribution is 2.35. The molecule has 0 aliphatic carbocycles. The van der Waals surface area contributed by atoms with Crippen molar-refractivity contribution >= 4 is 33.6 Å². The number of ether oxygens (including phenoxy) is 1. The molecule has 1 amide bonds. The minimum atomic E-state index is -2.63. The Kier molecular flexibility index (Phi) is 7.50. The van der Waals surface area contributed by atoms with Gasteiger partial charge in [-0.25, -0.2) is 0 Å². The lowest BCUT2D eigenvalue weighted by Crippen LogP contribution is -2.37. The Labute approximate surface area is 218 Å². The number of benzene rings is 4. The van der Waals surface area contributed by atoms with Crippen LogP contribution in [0.1, 0.15) is 41.6 Å². The molecule has 0 bridgehead atoms. The first kappa shape index (κ1) is 25.0. The molecule has 4 aromatic carbocycles. The summed E-state index contributed by atoms with van der Waals surface area (Å²) in [6, 6.07) is 26.8. The summed E-state index contributed by atoms with van der Waals surface area (Å²) in [5.41, 5.74) is 2.78. The van der Waals surface area contributed by atoms with Crippen molar-refractivity contribution in [2.24, 2.45) is 0 Å². The van der Waals surface area contributed by atoms with Gasteiger partial charge in [0.25, 0.3) is 0 Å². The Morgan fingerprint density at radius 3 is 2.54 bits per heavy atom. The molecule has 0 saturated carbocycles. The summed E-state index contributed by atoms with van der Waals surface area (Å²) in [5, 5.41) is 14.4. The van der Waals surface area contributed by atoms with Crippen molar-refractivity contribution in [3.8, 4) is 5.75 Å². The van der Waals surface area contributed by atoms with Crippen molar-refractivity contribution in [2.75, 3.05) is 10.9 Å². The van der Waals surface area contributed by atoms with Gasteiger partial charge >= 0.3 is 0 Å². The van der Waals surface area contributed by atoms with E-state index in [1.54, 1.807) is 12.1 Å². The van der Waals surface area contributed by atoms with Gasteiger partial charge in [-0.2, -0.15) is 0 Å². The van der Waals surface area contributed by atoms with Gasteiger partial charge in [0.05, 0.1) is 31.7 Å². The van der Waals surface area contributed by atoms with Crippen LogP contribution >= 0.6 is 0 Å². The van der Waals surface area contributed by atoms with E-state index in [-0.39, 0.29) is 25.0 Å². The molecule has 1 heterocycles. The van der Waals surface area contributed by atoms with Crippen LogP contribution in [0.2, 0.25) is 0 Å². The summed E-state index contributed by atoms with van der Waals surface area (Å²) in [4.78, 5) is 13.4. The zero-order valence-electron chi connectivity index (χ0n) is 20.1. The quantitative estimate of drug-likeness (QED) is 0.331. The maximum absolute atomic E-state index is 13.4.